The van der Waals surface area contributed by atoms with Crippen molar-refractivity contribution in [2.45, 2.75) is 25.7 Å². The molecule has 0 bridgehead atoms. The van der Waals surface area contributed by atoms with Gasteiger partial charge in [-0.1, -0.05) is 60.7 Å². The van der Waals surface area contributed by atoms with Crippen molar-refractivity contribution in [2.75, 3.05) is 0 Å². The van der Waals surface area contributed by atoms with E-state index in [0.717, 1.165) is 11.1 Å². The summed E-state index contributed by atoms with van der Waals surface area (Å²) in [5.41, 5.74) is 1.49. The lowest BCUT2D eigenvalue weighted by molar-refractivity contribution is -0.306. The van der Waals surface area contributed by atoms with Crippen molar-refractivity contribution in [3.05, 3.63) is 71.8 Å². The fraction of sp³-hybridized carbons (Fsp3) is 0.211. The van der Waals surface area contributed by atoms with Crippen LogP contribution in [0, 0.1) is 0 Å². The molecule has 7 heteroatoms. The zero-order valence-corrected chi connectivity index (χ0v) is 13.9. The third-order valence-corrected chi connectivity index (χ3v) is 3.38. The number of esters is 1. The van der Waals surface area contributed by atoms with E-state index in [9.17, 15) is 19.5 Å². The van der Waals surface area contributed by atoms with Gasteiger partial charge in [0.05, 0.1) is 0 Å². The quantitative estimate of drug-likeness (QED) is 0.712. The summed E-state index contributed by atoms with van der Waals surface area (Å²) in [6.07, 6.45) is -1.63. The molecule has 2 aromatic rings. The standard InChI is InChI=1S/C19H19NO6/c21-17(22)11-16(18(23)25-12-14-7-3-1-4-8-14)20-19(24)26-13-15-9-5-2-6-10-15/h1-10,16H,11-13H2,(H,20,24)(H,21,22)/p-1/t16-/m1/s1. The SMILES string of the molecule is O=C([O-])C[C@@H](NC(=O)OCc1ccccc1)C(=O)OCc1ccccc1. The van der Waals surface area contributed by atoms with Crippen molar-refractivity contribution in [3.63, 3.8) is 0 Å². The molecule has 1 amide bonds. The number of nitrogens with one attached hydrogen (secondary N) is 1. The van der Waals surface area contributed by atoms with E-state index in [4.69, 9.17) is 9.47 Å². The molecule has 1 N–H and O–H groups in total. The Morgan fingerprint density at radius 2 is 1.35 bits per heavy atom. The maximum absolute atomic E-state index is 12.1. The van der Waals surface area contributed by atoms with Crippen LogP contribution in [0.2, 0.25) is 0 Å². The van der Waals surface area contributed by atoms with E-state index in [1.54, 1.807) is 48.5 Å². The van der Waals surface area contributed by atoms with Gasteiger partial charge in [0.1, 0.15) is 19.3 Å². The number of benzene rings is 2. The number of hydrogen-bond donors (Lipinski definition) is 1. The summed E-state index contributed by atoms with van der Waals surface area (Å²) in [4.78, 5) is 34.7. The Morgan fingerprint density at radius 1 is 0.846 bits per heavy atom. The van der Waals surface area contributed by atoms with Crippen LogP contribution in [-0.2, 0) is 32.3 Å². The Hall–Kier alpha value is -3.35. The molecule has 0 heterocycles. The average Bonchev–Trinajstić information content (AvgIpc) is 2.65. The molecule has 0 saturated heterocycles. The summed E-state index contributed by atoms with van der Waals surface area (Å²) in [7, 11) is 0. The van der Waals surface area contributed by atoms with Gasteiger partial charge in [-0.25, -0.2) is 9.59 Å². The summed E-state index contributed by atoms with van der Waals surface area (Å²) in [5, 5.41) is 13.0. The Labute approximate surface area is 150 Å². The molecule has 0 aliphatic carbocycles. The van der Waals surface area contributed by atoms with Gasteiger partial charge in [0.15, 0.2) is 0 Å². The Morgan fingerprint density at radius 3 is 1.85 bits per heavy atom. The number of carbonyl (C=O) groups excluding carboxylic acids is 3. The first-order chi connectivity index (χ1) is 12.5. The van der Waals surface area contributed by atoms with Crippen molar-refractivity contribution in [1.82, 2.24) is 5.32 Å². The normalized spacial score (nSPS) is 11.2. The summed E-state index contributed by atoms with van der Waals surface area (Å²) in [6, 6.07) is 16.4. The van der Waals surface area contributed by atoms with Gasteiger partial charge >= 0.3 is 12.1 Å². The predicted octanol–water partition coefficient (Wildman–Crippen LogP) is 1.16. The van der Waals surface area contributed by atoms with Crippen LogP contribution >= 0.6 is 0 Å². The number of hydrogen-bond acceptors (Lipinski definition) is 6. The van der Waals surface area contributed by atoms with Crippen LogP contribution in [0.25, 0.3) is 0 Å². The molecule has 0 unspecified atom stereocenters. The first-order valence-corrected chi connectivity index (χ1v) is 7.92. The van der Waals surface area contributed by atoms with Gasteiger partial charge in [0, 0.05) is 12.4 Å². The van der Waals surface area contributed by atoms with Gasteiger partial charge in [-0.3, -0.25) is 0 Å². The summed E-state index contributed by atoms with van der Waals surface area (Å²) in [6.45, 7) is -0.0479. The third kappa shape index (κ3) is 6.64. The molecule has 26 heavy (non-hydrogen) atoms. The van der Waals surface area contributed by atoms with Crippen LogP contribution in [0.15, 0.2) is 60.7 Å². The number of amides is 1. The Kier molecular flexibility index (Phi) is 7.17. The van der Waals surface area contributed by atoms with Crippen molar-refractivity contribution >= 4 is 18.0 Å². The number of ether oxygens (including phenoxy) is 2. The maximum Gasteiger partial charge on any atom is 0.408 e. The van der Waals surface area contributed by atoms with E-state index < -0.39 is 30.5 Å². The van der Waals surface area contributed by atoms with Crippen LogP contribution in [0.4, 0.5) is 4.79 Å². The first kappa shape index (κ1) is 19.0. The number of carbonyl (C=O) groups is 3. The Balaban J connectivity index is 1.87. The smallest absolute Gasteiger partial charge is 0.408 e. The monoisotopic (exact) mass is 356 g/mol. The number of carboxylic acid groups (broad SMARTS) is 1. The fourth-order valence-corrected chi connectivity index (χ4v) is 2.10. The van der Waals surface area contributed by atoms with E-state index in [1.165, 1.54) is 0 Å². The lowest BCUT2D eigenvalue weighted by Crippen LogP contribution is -2.45. The molecule has 2 aromatic carbocycles. The van der Waals surface area contributed by atoms with Crippen molar-refractivity contribution in [3.8, 4) is 0 Å². The van der Waals surface area contributed by atoms with E-state index in [-0.39, 0.29) is 13.2 Å². The highest BCUT2D eigenvalue weighted by Gasteiger charge is 2.23. The molecular weight excluding hydrogens is 338 g/mol. The van der Waals surface area contributed by atoms with Crippen LogP contribution in [0.5, 0.6) is 0 Å². The van der Waals surface area contributed by atoms with E-state index in [1.807, 2.05) is 12.1 Å². The largest absolute Gasteiger partial charge is 0.550 e. The molecule has 7 nitrogen and oxygen atoms in total. The highest BCUT2D eigenvalue weighted by atomic mass is 16.6. The average molecular weight is 356 g/mol. The van der Waals surface area contributed by atoms with Gasteiger partial charge in [0.2, 0.25) is 0 Å². The molecule has 0 aliphatic rings. The van der Waals surface area contributed by atoms with Gasteiger partial charge in [-0.2, -0.15) is 0 Å². The fourth-order valence-electron chi connectivity index (χ4n) is 2.10. The molecule has 0 fully saturated rings. The predicted molar refractivity (Wildman–Crippen MR) is 89.4 cm³/mol. The highest BCUT2D eigenvalue weighted by Crippen LogP contribution is 2.05. The first-order valence-electron chi connectivity index (χ1n) is 7.92. The molecular formula is C19H18NO6-. The molecule has 136 valence electrons. The van der Waals surface area contributed by atoms with Crippen molar-refractivity contribution in [1.29, 1.82) is 0 Å². The molecule has 2 rings (SSSR count). The van der Waals surface area contributed by atoms with Gasteiger partial charge < -0.3 is 24.7 Å². The summed E-state index contributed by atoms with van der Waals surface area (Å²) in [5.74, 6) is -2.37. The minimum absolute atomic E-state index is 0.0101. The maximum atomic E-state index is 12.1. The van der Waals surface area contributed by atoms with E-state index >= 15 is 0 Å². The van der Waals surface area contributed by atoms with Crippen LogP contribution in [0.3, 0.4) is 0 Å². The molecule has 0 aliphatic heterocycles. The molecule has 0 radical (unpaired) electrons. The number of rotatable bonds is 8. The second kappa shape index (κ2) is 9.83. The van der Waals surface area contributed by atoms with Gasteiger partial charge in [0.25, 0.3) is 0 Å². The molecule has 1 atom stereocenters. The van der Waals surface area contributed by atoms with Gasteiger partial charge in [-0.15, -0.1) is 0 Å². The zero-order valence-electron chi connectivity index (χ0n) is 13.9. The summed E-state index contributed by atoms with van der Waals surface area (Å²) >= 11 is 0. The summed E-state index contributed by atoms with van der Waals surface area (Å²) < 4.78 is 10.0. The number of aliphatic carboxylic acids is 1. The number of carboxylic acids is 1. The van der Waals surface area contributed by atoms with Crippen LogP contribution < -0.4 is 10.4 Å². The van der Waals surface area contributed by atoms with Crippen molar-refractivity contribution < 1.29 is 29.0 Å². The van der Waals surface area contributed by atoms with Crippen LogP contribution in [0.1, 0.15) is 17.5 Å². The zero-order chi connectivity index (χ0) is 18.8. The van der Waals surface area contributed by atoms with Crippen molar-refractivity contribution in [2.24, 2.45) is 0 Å². The Bertz CT molecular complexity index is 732. The number of alkyl carbamates (subject to hydrolysis) is 1. The van der Waals surface area contributed by atoms with E-state index in [0.29, 0.717) is 0 Å². The van der Waals surface area contributed by atoms with Gasteiger partial charge in [-0.05, 0) is 11.1 Å². The minimum Gasteiger partial charge on any atom is -0.550 e. The molecule has 0 saturated carbocycles. The molecule has 0 aromatic heterocycles. The van der Waals surface area contributed by atoms with Crippen LogP contribution in [-0.4, -0.2) is 24.1 Å². The minimum atomic E-state index is -1.49. The van der Waals surface area contributed by atoms with E-state index in [2.05, 4.69) is 5.32 Å². The molecule has 0 spiro atoms. The lowest BCUT2D eigenvalue weighted by Gasteiger charge is -2.18. The lowest BCUT2D eigenvalue weighted by atomic mass is 10.2. The topological polar surface area (TPSA) is 105 Å². The highest BCUT2D eigenvalue weighted by molar-refractivity contribution is 5.85. The second-order valence-electron chi connectivity index (χ2n) is 5.43. The second-order valence-corrected chi connectivity index (χ2v) is 5.43. The third-order valence-electron chi connectivity index (χ3n) is 3.38.